The van der Waals surface area contributed by atoms with Crippen LogP contribution >= 0.6 is 7.60 Å². The van der Waals surface area contributed by atoms with E-state index in [0.717, 1.165) is 0 Å². The van der Waals surface area contributed by atoms with Crippen LogP contribution < -0.4 is 16.3 Å². The minimum Gasteiger partial charge on any atom is -0.364 e. The number of aryl methyl sites for hydroxylation is 1. The summed E-state index contributed by atoms with van der Waals surface area (Å²) >= 11 is 0. The lowest BCUT2D eigenvalue weighted by atomic mass is 10.3. The summed E-state index contributed by atoms with van der Waals surface area (Å²) < 4.78 is 29.8. The second-order valence-corrected chi connectivity index (χ2v) is 7.48. The van der Waals surface area contributed by atoms with Gasteiger partial charge >= 0.3 is 13.3 Å². The first-order valence-electron chi connectivity index (χ1n) is 7.96. The first kappa shape index (κ1) is 18.9. The van der Waals surface area contributed by atoms with Gasteiger partial charge in [0, 0.05) is 18.3 Å². The number of rotatable bonds is 8. The molecule has 0 amide bonds. The first-order chi connectivity index (χ1) is 11.4. The van der Waals surface area contributed by atoms with Crippen molar-refractivity contribution in [2.45, 2.75) is 33.3 Å². The highest BCUT2D eigenvalue weighted by atomic mass is 31.2. The van der Waals surface area contributed by atoms with Crippen molar-refractivity contribution in [3.8, 4) is 0 Å². The second kappa shape index (κ2) is 8.11. The Bertz CT molecular complexity index is 705. The van der Waals surface area contributed by atoms with Gasteiger partial charge < -0.3 is 18.8 Å². The molecule has 136 valence electrons. The number of ether oxygens (including phenoxy) is 1. The van der Waals surface area contributed by atoms with E-state index in [1.54, 1.807) is 25.8 Å². The van der Waals surface area contributed by atoms with E-state index in [1.807, 2.05) is 0 Å². The van der Waals surface area contributed by atoms with Gasteiger partial charge in [-0.1, -0.05) is 0 Å². The van der Waals surface area contributed by atoms with Crippen LogP contribution in [0.2, 0.25) is 0 Å². The number of hydrogen-bond donors (Lipinski definition) is 1. The average molecular weight is 361 g/mol. The maximum Gasteiger partial charge on any atom is 0.356 e. The fourth-order valence-electron chi connectivity index (χ4n) is 2.51. The van der Waals surface area contributed by atoms with Gasteiger partial charge in [0.1, 0.15) is 6.35 Å². The monoisotopic (exact) mass is 361 g/mol. The lowest BCUT2D eigenvalue weighted by Crippen LogP contribution is -2.44. The van der Waals surface area contributed by atoms with E-state index < -0.39 is 18.8 Å². The zero-order valence-electron chi connectivity index (χ0n) is 14.2. The fourth-order valence-corrected chi connectivity index (χ4v) is 3.91. The Kier molecular flexibility index (Phi) is 6.40. The molecule has 2 rings (SSSR count). The molecule has 2 heterocycles. The van der Waals surface area contributed by atoms with Crippen LogP contribution in [0, 0.1) is 6.92 Å². The highest BCUT2D eigenvalue weighted by Crippen LogP contribution is 2.48. The Morgan fingerprint density at radius 2 is 1.96 bits per heavy atom. The van der Waals surface area contributed by atoms with Crippen molar-refractivity contribution in [3.05, 3.63) is 32.6 Å². The quantitative estimate of drug-likeness (QED) is 0.683. The molecular weight excluding hydrogens is 337 g/mol. The molecule has 1 unspecified atom stereocenters. The minimum atomic E-state index is -3.24. The predicted molar refractivity (Wildman–Crippen MR) is 89.2 cm³/mol. The lowest BCUT2D eigenvalue weighted by Gasteiger charge is -2.22. The smallest absolute Gasteiger partial charge is 0.356 e. The van der Waals surface area contributed by atoms with Gasteiger partial charge in [-0.2, -0.15) is 0 Å². The molecule has 1 saturated heterocycles. The van der Waals surface area contributed by atoms with Gasteiger partial charge in [-0.05, 0) is 27.2 Å². The number of H-pyrrole nitrogens is 1. The molecule has 0 aliphatic carbocycles. The van der Waals surface area contributed by atoms with Crippen molar-refractivity contribution in [2.75, 3.05) is 37.7 Å². The summed E-state index contributed by atoms with van der Waals surface area (Å²) in [6.07, 6.45) is 1.86. The molecule has 0 saturated carbocycles. The number of aromatic amines is 1. The molecule has 10 heteroatoms. The number of aromatic nitrogens is 2. The van der Waals surface area contributed by atoms with Gasteiger partial charge in [-0.25, -0.2) is 9.47 Å². The van der Waals surface area contributed by atoms with Gasteiger partial charge in [0.2, 0.25) is 0 Å². The van der Waals surface area contributed by atoms with Crippen LogP contribution in [0.15, 0.2) is 15.8 Å². The van der Waals surface area contributed by atoms with E-state index in [1.165, 1.54) is 10.9 Å². The van der Waals surface area contributed by atoms with E-state index in [2.05, 4.69) is 4.98 Å². The molecule has 0 radical (unpaired) electrons. The summed E-state index contributed by atoms with van der Waals surface area (Å²) in [4.78, 5) is 25.6. The summed E-state index contributed by atoms with van der Waals surface area (Å²) in [6, 6.07) is 0. The van der Waals surface area contributed by atoms with Gasteiger partial charge in [-0.15, -0.1) is 0 Å². The van der Waals surface area contributed by atoms with Crippen LogP contribution in [0.3, 0.4) is 0 Å². The molecule has 1 fully saturated rings. The normalized spacial score (nSPS) is 18.3. The van der Waals surface area contributed by atoms with Crippen molar-refractivity contribution in [3.63, 3.8) is 0 Å². The predicted octanol–water partition coefficient (Wildman–Crippen LogP) is 0.796. The highest BCUT2D eigenvalue weighted by molar-refractivity contribution is 7.53. The van der Waals surface area contributed by atoms with Crippen LogP contribution in [0.1, 0.15) is 25.8 Å². The summed E-state index contributed by atoms with van der Waals surface area (Å²) in [6.45, 7) is 6.72. The molecule has 1 aliphatic rings. The molecule has 24 heavy (non-hydrogen) atoms. The standard InChI is InChI=1S/C14H24N3O6P/c1-4-22-24(20,23-5-2)10-21-12-6-7-16(9-12)17-8-11(3)13(18)15-14(17)19/h8,12H,4-7,9-10H2,1-3H3,(H,15,18,19). The lowest BCUT2D eigenvalue weighted by molar-refractivity contribution is 0.0786. The summed E-state index contributed by atoms with van der Waals surface area (Å²) in [5.74, 6) is 0. The Balaban J connectivity index is 1.98. The van der Waals surface area contributed by atoms with E-state index in [-0.39, 0.29) is 25.7 Å². The highest BCUT2D eigenvalue weighted by Gasteiger charge is 2.30. The van der Waals surface area contributed by atoms with Crippen molar-refractivity contribution >= 4 is 7.60 Å². The largest absolute Gasteiger partial charge is 0.364 e. The Hall–Kier alpha value is -1.41. The Morgan fingerprint density at radius 3 is 2.58 bits per heavy atom. The second-order valence-electron chi connectivity index (χ2n) is 5.48. The third kappa shape index (κ3) is 4.57. The van der Waals surface area contributed by atoms with E-state index in [4.69, 9.17) is 13.8 Å². The van der Waals surface area contributed by atoms with Crippen LogP contribution in [-0.4, -0.2) is 48.4 Å². The zero-order valence-corrected chi connectivity index (χ0v) is 15.1. The van der Waals surface area contributed by atoms with Gasteiger partial charge in [0.15, 0.2) is 0 Å². The Labute approximate surface area is 140 Å². The molecule has 0 spiro atoms. The molecular formula is C14H24N3O6P. The van der Waals surface area contributed by atoms with Crippen molar-refractivity contribution < 1.29 is 18.3 Å². The maximum absolute atomic E-state index is 12.4. The van der Waals surface area contributed by atoms with Gasteiger partial charge in [-0.3, -0.25) is 14.3 Å². The SMILES string of the molecule is CCOP(=O)(COC1CCN(n2cc(C)c(=O)[nH]c2=O)C1)OCC. The third-order valence-corrected chi connectivity index (χ3v) is 5.42. The first-order valence-corrected chi connectivity index (χ1v) is 9.69. The van der Waals surface area contributed by atoms with Crippen molar-refractivity contribution in [2.24, 2.45) is 0 Å². The maximum atomic E-state index is 12.4. The van der Waals surface area contributed by atoms with Gasteiger partial charge in [0.05, 0.1) is 25.9 Å². The van der Waals surface area contributed by atoms with Crippen LogP contribution in [0.4, 0.5) is 0 Å². The van der Waals surface area contributed by atoms with E-state index in [0.29, 0.717) is 25.1 Å². The average Bonchev–Trinajstić information content (AvgIpc) is 2.98. The third-order valence-electron chi connectivity index (χ3n) is 3.65. The van der Waals surface area contributed by atoms with Crippen molar-refractivity contribution in [1.82, 2.24) is 9.66 Å². The number of hydrogen-bond acceptors (Lipinski definition) is 7. The zero-order chi connectivity index (χ0) is 17.7. The molecule has 1 aromatic rings. The number of nitrogens with zero attached hydrogens (tertiary/aromatic N) is 2. The van der Waals surface area contributed by atoms with Crippen LogP contribution in [-0.2, 0) is 18.3 Å². The van der Waals surface area contributed by atoms with Gasteiger partial charge in [0.25, 0.3) is 5.56 Å². The van der Waals surface area contributed by atoms with Crippen LogP contribution in [0.25, 0.3) is 0 Å². The van der Waals surface area contributed by atoms with Crippen molar-refractivity contribution in [1.29, 1.82) is 0 Å². The fraction of sp³-hybridized carbons (Fsp3) is 0.714. The molecule has 9 nitrogen and oxygen atoms in total. The molecule has 0 bridgehead atoms. The van der Waals surface area contributed by atoms with Crippen LogP contribution in [0.5, 0.6) is 0 Å². The summed E-state index contributed by atoms with van der Waals surface area (Å²) in [5, 5.41) is 1.78. The van der Waals surface area contributed by atoms with E-state index in [9.17, 15) is 14.2 Å². The molecule has 1 aromatic heterocycles. The molecule has 0 aromatic carbocycles. The van der Waals surface area contributed by atoms with E-state index >= 15 is 0 Å². The Morgan fingerprint density at radius 1 is 1.29 bits per heavy atom. The summed E-state index contributed by atoms with van der Waals surface area (Å²) in [5.41, 5.74) is -0.422. The molecule has 1 aliphatic heterocycles. The molecule has 1 atom stereocenters. The molecule has 1 N–H and O–H groups in total. The topological polar surface area (TPSA) is 103 Å². The summed E-state index contributed by atoms with van der Waals surface area (Å²) in [7, 11) is -3.24. The number of nitrogens with one attached hydrogen (secondary N) is 1. The minimum absolute atomic E-state index is 0.118.